The zero-order valence-corrected chi connectivity index (χ0v) is 13.5. The van der Waals surface area contributed by atoms with Crippen LogP contribution in [0.4, 0.5) is 0 Å². The fourth-order valence-electron chi connectivity index (χ4n) is 2.78. The van der Waals surface area contributed by atoms with Crippen molar-refractivity contribution in [2.75, 3.05) is 0 Å². The number of para-hydroxylation sites is 1. The third-order valence-corrected chi connectivity index (χ3v) is 4.42. The average Bonchev–Trinajstić information content (AvgIpc) is 3.11. The maximum atomic E-state index is 11.3. The third-order valence-electron chi connectivity index (χ3n) is 4.42. The zero-order valence-electron chi connectivity index (χ0n) is 13.5. The van der Waals surface area contributed by atoms with Crippen molar-refractivity contribution in [3.05, 3.63) is 60.6 Å². The molecule has 2 heterocycles. The lowest BCUT2D eigenvalue weighted by Gasteiger charge is -2.21. The lowest BCUT2D eigenvalue weighted by molar-refractivity contribution is -0.145. The number of carboxylic acids is 1. The molecule has 0 bridgehead atoms. The van der Waals surface area contributed by atoms with Crippen molar-refractivity contribution in [3.8, 4) is 11.5 Å². The molecule has 1 atom stereocenters. The van der Waals surface area contributed by atoms with Gasteiger partial charge in [0, 0.05) is 22.7 Å². The minimum absolute atomic E-state index is 0.375. The molecule has 1 N–H and O–H groups in total. The smallest absolute Gasteiger partial charge is 0.313 e. The van der Waals surface area contributed by atoms with Crippen LogP contribution < -0.4 is 0 Å². The molecule has 3 aromatic rings. The van der Waals surface area contributed by atoms with E-state index in [0.717, 1.165) is 22.0 Å². The Morgan fingerprint density at radius 2 is 2.00 bits per heavy atom. The van der Waals surface area contributed by atoms with Crippen molar-refractivity contribution in [2.45, 2.75) is 13.3 Å². The van der Waals surface area contributed by atoms with Gasteiger partial charge < -0.3 is 9.52 Å². The predicted octanol–water partition coefficient (Wildman–Crippen LogP) is 3.72. The Labute approximate surface area is 143 Å². The fraction of sp³-hybridized carbons (Fsp3) is 0.158. The third kappa shape index (κ3) is 2.61. The Kier molecular flexibility index (Phi) is 3.46. The molecule has 1 aliphatic rings. The van der Waals surface area contributed by atoms with Crippen LogP contribution in [-0.4, -0.2) is 26.3 Å². The van der Waals surface area contributed by atoms with Gasteiger partial charge in [-0.25, -0.2) is 0 Å². The summed E-state index contributed by atoms with van der Waals surface area (Å²) in [6.07, 6.45) is 7.29. The quantitative estimate of drug-likeness (QED) is 0.786. The van der Waals surface area contributed by atoms with Gasteiger partial charge in [-0.1, -0.05) is 36.4 Å². The van der Waals surface area contributed by atoms with Gasteiger partial charge in [0.25, 0.3) is 0 Å². The monoisotopic (exact) mass is 333 g/mol. The van der Waals surface area contributed by atoms with E-state index in [-0.39, 0.29) is 0 Å². The first-order valence-electron chi connectivity index (χ1n) is 7.88. The van der Waals surface area contributed by atoms with Crippen LogP contribution in [0, 0.1) is 5.41 Å². The first-order chi connectivity index (χ1) is 12.1. The Morgan fingerprint density at radius 1 is 1.20 bits per heavy atom. The van der Waals surface area contributed by atoms with Crippen LogP contribution in [0.25, 0.3) is 27.9 Å². The lowest BCUT2D eigenvalue weighted by Crippen LogP contribution is -2.25. The fourth-order valence-corrected chi connectivity index (χ4v) is 2.78. The Bertz CT molecular complexity index is 1030. The summed E-state index contributed by atoms with van der Waals surface area (Å²) in [7, 11) is 0. The van der Waals surface area contributed by atoms with E-state index in [1.54, 1.807) is 25.3 Å². The second kappa shape index (κ2) is 5.66. The van der Waals surface area contributed by atoms with E-state index in [1.807, 2.05) is 36.4 Å². The summed E-state index contributed by atoms with van der Waals surface area (Å²) in [5, 5.41) is 18.5. The highest BCUT2D eigenvalue weighted by Gasteiger charge is 2.31. The number of allylic oxidation sites excluding steroid dienone is 3. The number of hydrogen-bond acceptors (Lipinski definition) is 5. The molecule has 6 nitrogen and oxygen atoms in total. The van der Waals surface area contributed by atoms with Crippen LogP contribution in [-0.2, 0) is 4.79 Å². The molecular formula is C19H15N3O3. The van der Waals surface area contributed by atoms with Crippen LogP contribution in [0.1, 0.15) is 19.2 Å². The number of nitrogens with zero attached hydrogens (tertiary/aromatic N) is 3. The molecule has 1 unspecified atom stereocenters. The number of benzene rings is 1. The second-order valence-corrected chi connectivity index (χ2v) is 6.21. The summed E-state index contributed by atoms with van der Waals surface area (Å²) in [6, 6.07) is 9.58. The van der Waals surface area contributed by atoms with Crippen molar-refractivity contribution in [2.24, 2.45) is 5.41 Å². The summed E-state index contributed by atoms with van der Waals surface area (Å²) in [6.45, 7) is 1.68. The van der Waals surface area contributed by atoms with Crippen LogP contribution in [0.15, 0.2) is 59.2 Å². The van der Waals surface area contributed by atoms with Crippen molar-refractivity contribution in [1.29, 1.82) is 0 Å². The molecule has 6 heteroatoms. The lowest BCUT2D eigenvalue weighted by atomic mass is 9.82. The number of aliphatic carboxylic acids is 1. The van der Waals surface area contributed by atoms with E-state index >= 15 is 0 Å². The molecule has 124 valence electrons. The number of hydrogen-bond donors (Lipinski definition) is 1. The summed E-state index contributed by atoms with van der Waals surface area (Å²) in [5.74, 6) is -0.0671. The highest BCUT2D eigenvalue weighted by Crippen LogP contribution is 2.34. The Balaban J connectivity index is 1.69. The number of rotatable bonds is 3. The maximum Gasteiger partial charge on any atom is 0.313 e. The molecule has 2 aromatic heterocycles. The Hall–Kier alpha value is -3.28. The standard InChI is InChI=1S/C19H15N3O3/c1-19(18(23)24)9-6-12(7-10-19)16-21-22-17(25-16)14-8-11-20-15-5-3-2-4-13(14)15/h2-9,11H,10H2,1H3,(H,23,24). The summed E-state index contributed by atoms with van der Waals surface area (Å²) < 4.78 is 5.83. The van der Waals surface area contributed by atoms with Gasteiger partial charge in [-0.2, -0.15) is 0 Å². The molecule has 0 saturated carbocycles. The predicted molar refractivity (Wildman–Crippen MR) is 92.5 cm³/mol. The van der Waals surface area contributed by atoms with Crippen molar-refractivity contribution in [3.63, 3.8) is 0 Å². The molecule has 1 aromatic carbocycles. The van der Waals surface area contributed by atoms with Crippen molar-refractivity contribution in [1.82, 2.24) is 15.2 Å². The first kappa shape index (κ1) is 15.3. The van der Waals surface area contributed by atoms with E-state index < -0.39 is 11.4 Å². The molecule has 1 aliphatic carbocycles. The topological polar surface area (TPSA) is 89.1 Å². The number of carboxylic acid groups (broad SMARTS) is 1. The molecule has 0 spiro atoms. The van der Waals surface area contributed by atoms with Gasteiger partial charge >= 0.3 is 5.97 Å². The van der Waals surface area contributed by atoms with Gasteiger partial charge in [0.2, 0.25) is 11.8 Å². The van der Waals surface area contributed by atoms with E-state index in [0.29, 0.717) is 18.2 Å². The van der Waals surface area contributed by atoms with Crippen LogP contribution >= 0.6 is 0 Å². The SMILES string of the molecule is CC1(C(=O)O)C=CC(c2nnc(-c3ccnc4ccccc34)o2)=CC1. The van der Waals surface area contributed by atoms with Gasteiger partial charge in [0.05, 0.1) is 10.9 Å². The summed E-state index contributed by atoms with van der Waals surface area (Å²) in [5.41, 5.74) is 1.51. The maximum absolute atomic E-state index is 11.3. The van der Waals surface area contributed by atoms with Gasteiger partial charge in [0.1, 0.15) is 0 Å². The first-order valence-corrected chi connectivity index (χ1v) is 7.88. The van der Waals surface area contributed by atoms with Crippen LogP contribution in [0.2, 0.25) is 0 Å². The molecule has 0 saturated heterocycles. The number of fused-ring (bicyclic) bond motifs is 1. The van der Waals surface area contributed by atoms with E-state index in [1.165, 1.54) is 0 Å². The molecule has 0 fully saturated rings. The minimum atomic E-state index is -0.895. The highest BCUT2D eigenvalue weighted by molar-refractivity contribution is 5.92. The van der Waals surface area contributed by atoms with Gasteiger partial charge in [-0.15, -0.1) is 10.2 Å². The van der Waals surface area contributed by atoms with Gasteiger partial charge in [-0.05, 0) is 25.5 Å². The van der Waals surface area contributed by atoms with E-state index in [4.69, 9.17) is 4.42 Å². The molecule has 4 rings (SSSR count). The minimum Gasteiger partial charge on any atom is -0.481 e. The normalized spacial score (nSPS) is 19.8. The van der Waals surface area contributed by atoms with Crippen LogP contribution in [0.3, 0.4) is 0 Å². The number of carbonyl (C=O) groups is 1. The molecule has 0 amide bonds. The molecule has 25 heavy (non-hydrogen) atoms. The van der Waals surface area contributed by atoms with E-state index in [2.05, 4.69) is 15.2 Å². The second-order valence-electron chi connectivity index (χ2n) is 6.21. The average molecular weight is 333 g/mol. The summed E-state index contributed by atoms with van der Waals surface area (Å²) >= 11 is 0. The van der Waals surface area contributed by atoms with E-state index in [9.17, 15) is 9.90 Å². The summed E-state index contributed by atoms with van der Waals surface area (Å²) in [4.78, 5) is 15.6. The van der Waals surface area contributed by atoms with Gasteiger partial charge in [-0.3, -0.25) is 9.78 Å². The van der Waals surface area contributed by atoms with Crippen LogP contribution in [0.5, 0.6) is 0 Å². The zero-order chi connectivity index (χ0) is 17.4. The molecular weight excluding hydrogens is 318 g/mol. The van der Waals surface area contributed by atoms with Gasteiger partial charge in [0.15, 0.2) is 0 Å². The largest absolute Gasteiger partial charge is 0.481 e. The highest BCUT2D eigenvalue weighted by atomic mass is 16.4. The number of pyridine rings is 1. The Morgan fingerprint density at radius 3 is 2.76 bits per heavy atom. The molecule has 0 aliphatic heterocycles. The van der Waals surface area contributed by atoms with Crippen molar-refractivity contribution >= 4 is 22.4 Å². The number of aromatic nitrogens is 3. The molecule has 0 radical (unpaired) electrons. The van der Waals surface area contributed by atoms with Crippen molar-refractivity contribution < 1.29 is 14.3 Å².